The molecule has 0 radical (unpaired) electrons. The number of aliphatic hydroxyl groups is 1. The van der Waals surface area contributed by atoms with Crippen LogP contribution in [-0.4, -0.2) is 47.8 Å². The fraction of sp³-hybridized carbons (Fsp3) is 0.863. The highest BCUT2D eigenvalue weighted by atomic mass is 31.2. The highest BCUT2D eigenvalue weighted by Gasteiger charge is 2.26. The molecule has 0 rings (SSSR count). The molecule has 9 heteroatoms. The zero-order chi connectivity index (χ0) is 43.9. The standard InChI is InChI=1S/C51H99N2O6P/c1-3-5-7-9-11-13-15-17-19-21-23-25-27-29-31-33-35-37-39-41-43-45-51(55)53-49(48-59-60(56,57)58-47-46-52)50(54)44-42-40-38-36-34-32-30-28-26-24-22-20-18-16-14-12-10-8-6-4-2/h15,17,21,23,42,44,49-50,54H,3-14,16,18-20,22,24-41,43,45-48,52H2,1-2H3,(H,53,55)(H,56,57)/b17-15-,23-21-,44-42+. The summed E-state index contributed by atoms with van der Waals surface area (Å²) in [5.41, 5.74) is 5.39. The summed E-state index contributed by atoms with van der Waals surface area (Å²) in [4.78, 5) is 22.8. The number of nitrogens with one attached hydrogen (secondary N) is 1. The predicted octanol–water partition coefficient (Wildman–Crippen LogP) is 15.1. The van der Waals surface area contributed by atoms with Gasteiger partial charge >= 0.3 is 7.82 Å². The molecule has 0 saturated heterocycles. The SMILES string of the molecule is CCCCCCC/C=C\C/C=C\CCCCCCCCCCCC(=O)NC(COP(=O)(O)OCCN)C(O)/C=C/CCCCCCCCCCCCCCCCCCCC. The van der Waals surface area contributed by atoms with Gasteiger partial charge in [0.1, 0.15) is 0 Å². The van der Waals surface area contributed by atoms with E-state index in [9.17, 15) is 19.4 Å². The lowest BCUT2D eigenvalue weighted by molar-refractivity contribution is -0.123. The third-order valence-electron chi connectivity index (χ3n) is 11.5. The van der Waals surface area contributed by atoms with Crippen LogP contribution in [0.2, 0.25) is 0 Å². The maximum atomic E-state index is 12.8. The average molecular weight is 867 g/mol. The minimum atomic E-state index is -4.35. The topological polar surface area (TPSA) is 131 Å². The van der Waals surface area contributed by atoms with Crippen molar-refractivity contribution in [1.82, 2.24) is 5.32 Å². The second-order valence-electron chi connectivity index (χ2n) is 17.4. The Kier molecular flexibility index (Phi) is 46.2. The molecule has 0 bridgehead atoms. The Balaban J connectivity index is 4.11. The molecule has 0 aromatic rings. The number of hydrogen-bond acceptors (Lipinski definition) is 6. The van der Waals surface area contributed by atoms with Gasteiger partial charge < -0.3 is 21.1 Å². The molecular weight excluding hydrogens is 768 g/mol. The van der Waals surface area contributed by atoms with E-state index in [1.807, 2.05) is 6.08 Å². The highest BCUT2D eigenvalue weighted by Crippen LogP contribution is 2.43. The summed E-state index contributed by atoms with van der Waals surface area (Å²) < 4.78 is 22.2. The van der Waals surface area contributed by atoms with Crippen LogP contribution < -0.4 is 11.1 Å². The molecule has 5 N–H and O–H groups in total. The van der Waals surface area contributed by atoms with Gasteiger partial charge in [-0.25, -0.2) is 4.57 Å². The Bertz CT molecular complexity index is 1040. The summed E-state index contributed by atoms with van der Waals surface area (Å²) in [7, 11) is -4.35. The molecule has 8 nitrogen and oxygen atoms in total. The Hall–Kier alpha value is -1.28. The van der Waals surface area contributed by atoms with Crippen LogP contribution in [0.15, 0.2) is 36.5 Å². The highest BCUT2D eigenvalue weighted by molar-refractivity contribution is 7.47. The molecule has 0 fully saturated rings. The van der Waals surface area contributed by atoms with Crippen LogP contribution in [0.4, 0.5) is 0 Å². The van der Waals surface area contributed by atoms with Gasteiger partial charge in [0.05, 0.1) is 25.4 Å². The van der Waals surface area contributed by atoms with Gasteiger partial charge in [-0.2, -0.15) is 0 Å². The Morgan fingerprint density at radius 1 is 0.550 bits per heavy atom. The van der Waals surface area contributed by atoms with Gasteiger partial charge in [-0.05, 0) is 51.4 Å². The average Bonchev–Trinajstić information content (AvgIpc) is 3.24. The van der Waals surface area contributed by atoms with E-state index in [4.69, 9.17) is 14.8 Å². The molecule has 1 amide bonds. The Labute approximate surface area is 371 Å². The van der Waals surface area contributed by atoms with Crippen LogP contribution in [-0.2, 0) is 18.4 Å². The van der Waals surface area contributed by atoms with Crippen molar-refractivity contribution in [3.05, 3.63) is 36.5 Å². The maximum absolute atomic E-state index is 12.8. The molecule has 0 spiro atoms. The van der Waals surface area contributed by atoms with E-state index in [2.05, 4.69) is 43.5 Å². The molecule has 354 valence electrons. The van der Waals surface area contributed by atoms with E-state index < -0.39 is 20.0 Å². The first-order chi connectivity index (χ1) is 29.4. The molecule has 0 heterocycles. The summed E-state index contributed by atoms with van der Waals surface area (Å²) >= 11 is 0. The molecule has 0 saturated carbocycles. The number of phosphoric ester groups is 1. The first-order valence-electron chi connectivity index (χ1n) is 25.6. The van der Waals surface area contributed by atoms with Gasteiger partial charge in [-0.15, -0.1) is 0 Å². The van der Waals surface area contributed by atoms with Crippen molar-refractivity contribution in [2.24, 2.45) is 5.73 Å². The minimum Gasteiger partial charge on any atom is -0.387 e. The maximum Gasteiger partial charge on any atom is 0.472 e. The summed E-state index contributed by atoms with van der Waals surface area (Å²) in [5, 5.41) is 13.7. The lowest BCUT2D eigenvalue weighted by atomic mass is 10.0. The lowest BCUT2D eigenvalue weighted by Crippen LogP contribution is -2.45. The third-order valence-corrected chi connectivity index (χ3v) is 12.4. The number of allylic oxidation sites excluding steroid dienone is 5. The zero-order valence-corrected chi connectivity index (χ0v) is 40.3. The first kappa shape index (κ1) is 58.7. The molecule has 0 aromatic carbocycles. The molecule has 60 heavy (non-hydrogen) atoms. The monoisotopic (exact) mass is 867 g/mol. The van der Waals surface area contributed by atoms with Crippen molar-refractivity contribution in [2.45, 2.75) is 264 Å². The van der Waals surface area contributed by atoms with E-state index >= 15 is 0 Å². The van der Waals surface area contributed by atoms with Crippen molar-refractivity contribution < 1.29 is 28.4 Å². The number of rotatable bonds is 48. The number of unbranched alkanes of at least 4 members (excludes halogenated alkanes) is 32. The van der Waals surface area contributed by atoms with Gasteiger partial charge in [-0.1, -0.05) is 230 Å². The van der Waals surface area contributed by atoms with Crippen LogP contribution in [0.5, 0.6) is 0 Å². The van der Waals surface area contributed by atoms with Crippen molar-refractivity contribution in [3.8, 4) is 0 Å². The predicted molar refractivity (Wildman–Crippen MR) is 258 cm³/mol. The van der Waals surface area contributed by atoms with Gasteiger partial charge in [-0.3, -0.25) is 13.8 Å². The van der Waals surface area contributed by atoms with Crippen LogP contribution in [0, 0.1) is 0 Å². The van der Waals surface area contributed by atoms with Crippen LogP contribution in [0.1, 0.15) is 251 Å². The number of carbonyl (C=O) groups excluding carboxylic acids is 1. The summed E-state index contributed by atoms with van der Waals surface area (Å²) in [6.07, 6.45) is 57.7. The molecule has 3 atom stereocenters. The molecule has 0 aliphatic rings. The number of hydrogen-bond donors (Lipinski definition) is 4. The number of carbonyl (C=O) groups is 1. The van der Waals surface area contributed by atoms with E-state index in [1.165, 1.54) is 186 Å². The summed E-state index contributed by atoms with van der Waals surface area (Å²) in [6, 6.07) is -0.863. The minimum absolute atomic E-state index is 0.0779. The molecule has 0 aliphatic carbocycles. The third kappa shape index (κ3) is 44.8. The molecule has 3 unspecified atom stereocenters. The number of amides is 1. The van der Waals surface area contributed by atoms with Crippen LogP contribution in [0.3, 0.4) is 0 Å². The fourth-order valence-corrected chi connectivity index (χ4v) is 8.34. The largest absolute Gasteiger partial charge is 0.472 e. The van der Waals surface area contributed by atoms with Gasteiger partial charge in [0.25, 0.3) is 0 Å². The quantitative estimate of drug-likeness (QED) is 0.0272. The van der Waals surface area contributed by atoms with E-state index in [-0.39, 0.29) is 25.7 Å². The van der Waals surface area contributed by atoms with Gasteiger partial charge in [0.2, 0.25) is 5.91 Å². The number of phosphoric acid groups is 1. The second kappa shape index (κ2) is 47.2. The van der Waals surface area contributed by atoms with Crippen LogP contribution in [0.25, 0.3) is 0 Å². The van der Waals surface area contributed by atoms with Crippen molar-refractivity contribution in [3.63, 3.8) is 0 Å². The van der Waals surface area contributed by atoms with Gasteiger partial charge in [0.15, 0.2) is 0 Å². The normalized spacial score (nSPS) is 14.2. The zero-order valence-electron chi connectivity index (χ0n) is 39.5. The Morgan fingerprint density at radius 3 is 1.32 bits per heavy atom. The fourth-order valence-electron chi connectivity index (χ4n) is 7.58. The number of aliphatic hydroxyl groups excluding tert-OH is 1. The first-order valence-corrected chi connectivity index (χ1v) is 27.1. The van der Waals surface area contributed by atoms with E-state index in [0.717, 1.165) is 44.9 Å². The lowest BCUT2D eigenvalue weighted by Gasteiger charge is -2.23. The van der Waals surface area contributed by atoms with Crippen molar-refractivity contribution in [1.29, 1.82) is 0 Å². The molecular formula is C51H99N2O6P. The second-order valence-corrected chi connectivity index (χ2v) is 18.8. The van der Waals surface area contributed by atoms with E-state index in [1.54, 1.807) is 6.08 Å². The van der Waals surface area contributed by atoms with Crippen molar-refractivity contribution in [2.75, 3.05) is 19.8 Å². The molecule has 0 aliphatic heterocycles. The van der Waals surface area contributed by atoms with Gasteiger partial charge in [0, 0.05) is 13.0 Å². The number of nitrogens with two attached hydrogens (primary N) is 1. The summed E-state index contributed by atoms with van der Waals surface area (Å²) in [5.74, 6) is -0.196. The smallest absolute Gasteiger partial charge is 0.387 e. The van der Waals surface area contributed by atoms with Crippen molar-refractivity contribution >= 4 is 13.7 Å². The summed E-state index contributed by atoms with van der Waals surface area (Å²) in [6.45, 7) is 4.15. The van der Waals surface area contributed by atoms with Crippen LogP contribution >= 0.6 is 7.82 Å². The van der Waals surface area contributed by atoms with E-state index in [0.29, 0.717) is 6.42 Å². The Morgan fingerprint density at radius 2 is 0.917 bits per heavy atom. The molecule has 0 aromatic heterocycles.